The highest BCUT2D eigenvalue weighted by atomic mass is 32.2. The third-order valence-corrected chi connectivity index (χ3v) is 6.17. The zero-order valence-electron chi connectivity index (χ0n) is 17.1. The number of hydrogen-bond acceptors (Lipinski definition) is 4. The van der Waals surface area contributed by atoms with Gasteiger partial charge >= 0.3 is 0 Å². The molecule has 29 heavy (non-hydrogen) atoms. The van der Waals surface area contributed by atoms with Gasteiger partial charge in [0.2, 0.25) is 5.91 Å². The monoisotopic (exact) mass is 409 g/mol. The van der Waals surface area contributed by atoms with Crippen LogP contribution in [0.25, 0.3) is 10.9 Å². The van der Waals surface area contributed by atoms with Gasteiger partial charge in [-0.05, 0) is 38.0 Å². The lowest BCUT2D eigenvalue weighted by Crippen LogP contribution is -2.34. The number of carbonyl (C=O) groups excluding carboxylic acids is 1. The Hall–Kier alpha value is -2.60. The summed E-state index contributed by atoms with van der Waals surface area (Å²) in [6, 6.07) is 17.6. The molecule has 3 rings (SSSR count). The van der Waals surface area contributed by atoms with Gasteiger partial charge in [0.25, 0.3) is 5.56 Å². The van der Waals surface area contributed by atoms with Crippen molar-refractivity contribution < 1.29 is 4.79 Å². The van der Waals surface area contributed by atoms with E-state index in [4.69, 9.17) is 0 Å². The summed E-state index contributed by atoms with van der Waals surface area (Å²) < 4.78 is 1.63. The first-order chi connectivity index (χ1) is 14.0. The highest BCUT2D eigenvalue weighted by Crippen LogP contribution is 2.23. The Morgan fingerprint density at radius 2 is 1.79 bits per heavy atom. The second kappa shape index (κ2) is 9.74. The predicted octanol–water partition coefficient (Wildman–Crippen LogP) is 4.21. The van der Waals surface area contributed by atoms with Gasteiger partial charge in [0, 0.05) is 19.0 Å². The zero-order chi connectivity index (χ0) is 20.8. The van der Waals surface area contributed by atoms with Gasteiger partial charge in [-0.1, -0.05) is 61.2 Å². The van der Waals surface area contributed by atoms with Gasteiger partial charge in [-0.15, -0.1) is 0 Å². The minimum absolute atomic E-state index is 0.0468. The van der Waals surface area contributed by atoms with E-state index in [1.165, 1.54) is 17.3 Å². The van der Waals surface area contributed by atoms with Crippen molar-refractivity contribution in [2.24, 2.45) is 0 Å². The fourth-order valence-corrected chi connectivity index (χ4v) is 4.32. The summed E-state index contributed by atoms with van der Waals surface area (Å²) in [4.78, 5) is 30.1. The highest BCUT2D eigenvalue weighted by Gasteiger charge is 2.20. The molecule has 0 spiro atoms. The van der Waals surface area contributed by atoms with Crippen LogP contribution in [0.2, 0.25) is 0 Å². The van der Waals surface area contributed by atoms with E-state index >= 15 is 0 Å². The van der Waals surface area contributed by atoms with Gasteiger partial charge in [0.05, 0.1) is 16.2 Å². The molecule has 1 amide bonds. The van der Waals surface area contributed by atoms with E-state index in [9.17, 15) is 9.59 Å². The molecule has 3 aromatic rings. The van der Waals surface area contributed by atoms with Crippen molar-refractivity contribution in [3.63, 3.8) is 0 Å². The summed E-state index contributed by atoms with van der Waals surface area (Å²) in [6.07, 6.45) is 0.952. The minimum Gasteiger partial charge on any atom is -0.355 e. The number of aromatic nitrogens is 2. The average molecular weight is 410 g/mol. The maximum absolute atomic E-state index is 12.8. The van der Waals surface area contributed by atoms with Crippen LogP contribution in [0.3, 0.4) is 0 Å². The first-order valence-electron chi connectivity index (χ1n) is 10.0. The highest BCUT2D eigenvalue weighted by molar-refractivity contribution is 8.00. The number of benzene rings is 2. The van der Waals surface area contributed by atoms with Crippen LogP contribution < -0.4 is 10.9 Å². The summed E-state index contributed by atoms with van der Waals surface area (Å²) in [5.41, 5.74) is 1.82. The number of thioether (sulfide) groups is 1. The Morgan fingerprint density at radius 1 is 1.10 bits per heavy atom. The molecule has 0 aliphatic carbocycles. The number of para-hydroxylation sites is 1. The van der Waals surface area contributed by atoms with Crippen molar-refractivity contribution in [2.45, 2.75) is 50.1 Å². The molecule has 1 heterocycles. The van der Waals surface area contributed by atoms with Crippen molar-refractivity contribution in [1.82, 2.24) is 14.9 Å². The van der Waals surface area contributed by atoms with Gasteiger partial charge < -0.3 is 5.32 Å². The summed E-state index contributed by atoms with van der Waals surface area (Å²) >= 11 is 1.33. The SMILES string of the molecule is CC[C@@H](CNC(=O)[C@@H](C)Sc1nc2ccccc2c(=O)n1CC)c1ccccc1. The number of rotatable bonds is 8. The molecule has 1 N–H and O–H groups in total. The number of carbonyl (C=O) groups is 1. The Balaban J connectivity index is 1.72. The standard InChI is InChI=1S/C23H27N3O2S/c1-4-17(18-11-7-6-8-12-18)15-24-21(27)16(3)29-23-25-20-14-10-9-13-19(20)22(28)26(23)5-2/h6-14,16-17H,4-5,15H2,1-3H3,(H,24,27)/t16-,17+/m1/s1. The van der Waals surface area contributed by atoms with Crippen LogP contribution in [-0.2, 0) is 11.3 Å². The Morgan fingerprint density at radius 3 is 2.48 bits per heavy atom. The molecule has 0 bridgehead atoms. The zero-order valence-corrected chi connectivity index (χ0v) is 17.9. The number of hydrogen-bond donors (Lipinski definition) is 1. The summed E-state index contributed by atoms with van der Waals surface area (Å²) in [7, 11) is 0. The molecule has 0 unspecified atom stereocenters. The minimum atomic E-state index is -0.353. The maximum Gasteiger partial charge on any atom is 0.262 e. The largest absolute Gasteiger partial charge is 0.355 e. The van der Waals surface area contributed by atoms with Crippen LogP contribution in [0.15, 0.2) is 64.5 Å². The predicted molar refractivity (Wildman–Crippen MR) is 119 cm³/mol. The number of nitrogens with zero attached hydrogens (tertiary/aromatic N) is 2. The van der Waals surface area contributed by atoms with Crippen LogP contribution in [0.5, 0.6) is 0 Å². The van der Waals surface area contributed by atoms with Crippen molar-refractivity contribution in [3.8, 4) is 0 Å². The molecular weight excluding hydrogens is 382 g/mol. The molecule has 2 atom stereocenters. The van der Waals surface area contributed by atoms with Crippen LogP contribution in [-0.4, -0.2) is 27.3 Å². The normalized spacial score (nSPS) is 13.2. The number of fused-ring (bicyclic) bond motifs is 1. The molecule has 5 nitrogen and oxygen atoms in total. The Kier molecular flexibility index (Phi) is 7.09. The van der Waals surface area contributed by atoms with Gasteiger partial charge in [0.1, 0.15) is 0 Å². The van der Waals surface area contributed by atoms with Crippen LogP contribution in [0.1, 0.15) is 38.7 Å². The maximum atomic E-state index is 12.8. The van der Waals surface area contributed by atoms with Crippen LogP contribution in [0.4, 0.5) is 0 Å². The lowest BCUT2D eigenvalue weighted by molar-refractivity contribution is -0.120. The van der Waals surface area contributed by atoms with E-state index in [1.807, 2.05) is 50.2 Å². The van der Waals surface area contributed by atoms with Crippen LogP contribution in [0, 0.1) is 0 Å². The van der Waals surface area contributed by atoms with E-state index in [0.717, 1.165) is 6.42 Å². The van der Waals surface area contributed by atoms with Gasteiger partial charge in [-0.2, -0.15) is 0 Å². The lowest BCUT2D eigenvalue weighted by atomic mass is 9.96. The molecule has 1 aromatic heterocycles. The fourth-order valence-electron chi connectivity index (χ4n) is 3.32. The Bertz CT molecular complexity index is 1030. The van der Waals surface area contributed by atoms with Gasteiger partial charge in [0.15, 0.2) is 5.16 Å². The Labute approximate surface area is 175 Å². The van der Waals surface area contributed by atoms with Crippen molar-refractivity contribution in [2.75, 3.05) is 6.54 Å². The van der Waals surface area contributed by atoms with Crippen LogP contribution >= 0.6 is 11.8 Å². The molecule has 152 valence electrons. The summed E-state index contributed by atoms with van der Waals surface area (Å²) in [5, 5.41) is 3.89. The van der Waals surface area contributed by atoms with Gasteiger partial charge in [-0.25, -0.2) is 4.98 Å². The van der Waals surface area contributed by atoms with E-state index in [-0.39, 0.29) is 22.6 Å². The molecule has 0 saturated carbocycles. The van der Waals surface area contributed by atoms with E-state index in [2.05, 4.69) is 29.4 Å². The number of amides is 1. The summed E-state index contributed by atoms with van der Waals surface area (Å²) in [5.74, 6) is 0.236. The molecule has 0 radical (unpaired) electrons. The van der Waals surface area contributed by atoms with E-state index < -0.39 is 0 Å². The van der Waals surface area contributed by atoms with Crippen molar-refractivity contribution in [1.29, 1.82) is 0 Å². The smallest absolute Gasteiger partial charge is 0.262 e. The number of nitrogens with one attached hydrogen (secondary N) is 1. The third kappa shape index (κ3) is 4.88. The molecule has 0 fully saturated rings. The third-order valence-electron chi connectivity index (χ3n) is 5.08. The molecule has 0 aliphatic heterocycles. The summed E-state index contributed by atoms with van der Waals surface area (Å²) in [6.45, 7) is 7.00. The molecular formula is C23H27N3O2S. The van der Waals surface area contributed by atoms with Crippen molar-refractivity contribution in [3.05, 3.63) is 70.5 Å². The molecule has 2 aromatic carbocycles. The second-order valence-electron chi connectivity index (χ2n) is 6.98. The van der Waals surface area contributed by atoms with E-state index in [1.54, 1.807) is 10.6 Å². The average Bonchev–Trinajstić information content (AvgIpc) is 2.75. The molecule has 6 heteroatoms. The van der Waals surface area contributed by atoms with Gasteiger partial charge in [-0.3, -0.25) is 14.2 Å². The topological polar surface area (TPSA) is 64.0 Å². The first-order valence-corrected chi connectivity index (χ1v) is 10.9. The lowest BCUT2D eigenvalue weighted by Gasteiger charge is -2.19. The second-order valence-corrected chi connectivity index (χ2v) is 8.29. The molecule has 0 saturated heterocycles. The first kappa shape index (κ1) is 21.1. The van der Waals surface area contributed by atoms with Crippen molar-refractivity contribution >= 4 is 28.6 Å². The quantitative estimate of drug-likeness (QED) is 0.447. The molecule has 0 aliphatic rings. The fraction of sp³-hybridized carbons (Fsp3) is 0.348. The van der Waals surface area contributed by atoms with E-state index in [0.29, 0.717) is 29.1 Å².